The number of hydroxylamine groups is 6. The monoisotopic (exact) mass is 852 g/mol. The molecular formula is C39H60N6O15. The lowest BCUT2D eigenvalue weighted by molar-refractivity contribution is -0.160. The third-order valence-corrected chi connectivity index (χ3v) is 8.67. The zero-order valence-corrected chi connectivity index (χ0v) is 35.2. The highest BCUT2D eigenvalue weighted by Gasteiger charge is 2.25. The lowest BCUT2D eigenvalue weighted by atomic mass is 10.1. The lowest BCUT2D eigenvalue weighted by Crippen LogP contribution is -2.41. The Bertz CT molecular complexity index is 1440. The van der Waals surface area contributed by atoms with Gasteiger partial charge in [0.15, 0.2) is 0 Å². The van der Waals surface area contributed by atoms with Gasteiger partial charge in [-0.05, 0) is 59.3 Å². The van der Waals surface area contributed by atoms with E-state index in [2.05, 4.69) is 16.0 Å². The molecule has 0 aromatic heterocycles. The lowest BCUT2D eigenvalue weighted by Gasteiger charge is -2.19. The van der Waals surface area contributed by atoms with E-state index in [1.54, 1.807) is 20.8 Å². The summed E-state index contributed by atoms with van der Waals surface area (Å²) in [7, 11) is 0. The van der Waals surface area contributed by atoms with Gasteiger partial charge in [-0.3, -0.25) is 44.4 Å². The number of amides is 6. The van der Waals surface area contributed by atoms with Gasteiger partial charge < -0.3 is 30.2 Å². The van der Waals surface area contributed by atoms with Gasteiger partial charge in [0.25, 0.3) is 17.7 Å². The van der Waals surface area contributed by atoms with Crippen molar-refractivity contribution in [3.05, 3.63) is 34.9 Å². The number of nitrogens with zero attached hydrogens (tertiary/aromatic N) is 3. The maximum Gasteiger partial charge on any atom is 0.328 e. The fourth-order valence-electron chi connectivity index (χ4n) is 5.46. The number of hydrogen-bond donors (Lipinski definition) is 6. The van der Waals surface area contributed by atoms with Gasteiger partial charge in [-0.25, -0.2) is 29.6 Å². The van der Waals surface area contributed by atoms with Crippen molar-refractivity contribution in [1.29, 1.82) is 0 Å². The first-order valence-electron chi connectivity index (χ1n) is 19.5. The molecule has 1 aliphatic heterocycles. The maximum atomic E-state index is 12.8. The van der Waals surface area contributed by atoms with Crippen molar-refractivity contribution in [3.8, 4) is 0 Å². The summed E-state index contributed by atoms with van der Waals surface area (Å²) >= 11 is 0. The zero-order chi connectivity index (χ0) is 45.4. The van der Waals surface area contributed by atoms with Crippen LogP contribution < -0.4 is 16.0 Å². The van der Waals surface area contributed by atoms with Gasteiger partial charge in [0.05, 0.1) is 19.8 Å². The minimum absolute atomic E-state index is 0.00642. The van der Waals surface area contributed by atoms with Crippen LogP contribution in [0.5, 0.6) is 0 Å². The number of carbonyl (C=O) groups excluding carboxylic acids is 9. The molecule has 6 N–H and O–H groups in total. The van der Waals surface area contributed by atoms with Gasteiger partial charge in [0.2, 0.25) is 17.7 Å². The minimum Gasteiger partial charge on any atom is -0.464 e. The Hall–Kier alpha value is -5.67. The second-order valence-electron chi connectivity index (χ2n) is 14.3. The standard InChI is InChI=1S/C39H60N6O15/c1-25-13-19-58-37(52)31(40-28(4)46)11-8-17-44(56)35(50)23-27(3)15-21-60-39(54)33(42-30(6)48)12-9-18-45(57)36(51)24-26(2)14-20-59-38(53)32(41-29(5)47)10-7-16-43(55)34(49)22-25/h22-24,31-33,55-57H,7-21H2,1-6H3,(H,40,46)(H,41,47)(H,42,48)/b25-22-,26-24+,27-23?. The van der Waals surface area contributed by atoms with Gasteiger partial charge in [-0.1, -0.05) is 16.7 Å². The molecule has 1 aliphatic rings. The van der Waals surface area contributed by atoms with Gasteiger partial charge >= 0.3 is 17.9 Å². The van der Waals surface area contributed by atoms with E-state index in [-0.39, 0.29) is 97.2 Å². The molecule has 0 aliphatic carbocycles. The molecule has 0 spiro atoms. The molecule has 0 aromatic rings. The molecule has 6 amide bonds. The van der Waals surface area contributed by atoms with Gasteiger partial charge in [-0.2, -0.15) is 0 Å². The highest BCUT2D eigenvalue weighted by Crippen LogP contribution is 2.11. The fraction of sp³-hybridized carbons (Fsp3) is 0.615. The van der Waals surface area contributed by atoms with Crippen molar-refractivity contribution in [2.75, 3.05) is 39.5 Å². The normalized spacial score (nSPS) is 24.0. The summed E-state index contributed by atoms with van der Waals surface area (Å²) < 4.78 is 15.9. The number of carbonyl (C=O) groups is 9. The number of esters is 3. The average molecular weight is 853 g/mol. The molecule has 0 bridgehead atoms. The molecule has 60 heavy (non-hydrogen) atoms. The van der Waals surface area contributed by atoms with Crippen LogP contribution >= 0.6 is 0 Å². The summed E-state index contributed by atoms with van der Waals surface area (Å²) in [6.07, 6.45) is 3.86. The molecule has 0 fully saturated rings. The molecule has 0 saturated carbocycles. The fourth-order valence-corrected chi connectivity index (χ4v) is 5.46. The Morgan fingerprint density at radius 2 is 0.733 bits per heavy atom. The van der Waals surface area contributed by atoms with Crippen LogP contribution in [0, 0.1) is 0 Å². The summed E-state index contributed by atoms with van der Waals surface area (Å²) in [5.74, 6) is -6.32. The van der Waals surface area contributed by atoms with Crippen molar-refractivity contribution in [3.63, 3.8) is 0 Å². The van der Waals surface area contributed by atoms with E-state index in [1.165, 1.54) is 20.8 Å². The predicted octanol–water partition coefficient (Wildman–Crippen LogP) is 1.15. The molecule has 3 atom stereocenters. The van der Waals surface area contributed by atoms with Gasteiger partial charge in [0.1, 0.15) is 18.1 Å². The molecule has 21 heteroatoms. The van der Waals surface area contributed by atoms with Crippen molar-refractivity contribution in [1.82, 2.24) is 31.1 Å². The number of hydrogen-bond acceptors (Lipinski definition) is 15. The summed E-state index contributed by atoms with van der Waals surface area (Å²) in [4.78, 5) is 111. The third kappa shape index (κ3) is 22.5. The summed E-state index contributed by atoms with van der Waals surface area (Å²) in [6, 6.07) is -3.33. The summed E-state index contributed by atoms with van der Waals surface area (Å²) in [5, 5.41) is 39.6. The van der Waals surface area contributed by atoms with E-state index in [1.807, 2.05) is 0 Å². The number of rotatable bonds is 3. The quantitative estimate of drug-likeness (QED) is 0.132. The van der Waals surface area contributed by atoms with Crippen molar-refractivity contribution < 1.29 is 73.0 Å². The number of cyclic esters (lactones) is 3. The maximum absolute atomic E-state index is 12.8. The first-order valence-corrected chi connectivity index (χ1v) is 19.5. The third-order valence-electron chi connectivity index (χ3n) is 8.67. The number of ether oxygens (including phenoxy) is 3. The van der Waals surface area contributed by atoms with Crippen molar-refractivity contribution >= 4 is 53.4 Å². The minimum atomic E-state index is -1.11. The van der Waals surface area contributed by atoms with Crippen LogP contribution in [0.3, 0.4) is 0 Å². The molecule has 0 saturated heterocycles. The van der Waals surface area contributed by atoms with E-state index in [0.29, 0.717) is 31.9 Å². The number of nitrogens with one attached hydrogen (secondary N) is 3. The summed E-state index contributed by atoms with van der Waals surface area (Å²) in [6.45, 7) is 7.11. The van der Waals surface area contributed by atoms with E-state index in [9.17, 15) is 58.8 Å². The second-order valence-corrected chi connectivity index (χ2v) is 14.3. The van der Waals surface area contributed by atoms with Crippen LogP contribution in [0.15, 0.2) is 34.9 Å². The molecule has 21 nitrogen and oxygen atoms in total. The van der Waals surface area contributed by atoms with E-state index >= 15 is 0 Å². The Morgan fingerprint density at radius 1 is 0.500 bits per heavy atom. The first kappa shape index (κ1) is 52.3. The topological polar surface area (TPSA) is 288 Å². The first-order chi connectivity index (χ1) is 28.2. The molecule has 1 rings (SSSR count). The predicted molar refractivity (Wildman–Crippen MR) is 209 cm³/mol. The van der Waals surface area contributed by atoms with Crippen LogP contribution in [0.1, 0.15) is 99.3 Å². The van der Waals surface area contributed by atoms with Gasteiger partial charge in [-0.15, -0.1) is 0 Å². The Kier molecular flexibility index (Phi) is 24.4. The van der Waals surface area contributed by atoms with E-state index in [0.717, 1.165) is 18.2 Å². The Labute approximate surface area is 349 Å². The highest BCUT2D eigenvalue weighted by atomic mass is 16.5. The second kappa shape index (κ2) is 27.9. The van der Waals surface area contributed by atoms with Crippen LogP contribution in [-0.2, 0) is 57.4 Å². The van der Waals surface area contributed by atoms with Crippen LogP contribution in [-0.4, -0.2) is 142 Å². The van der Waals surface area contributed by atoms with Crippen LogP contribution in [0.25, 0.3) is 0 Å². The van der Waals surface area contributed by atoms with Crippen LogP contribution in [0.2, 0.25) is 0 Å². The summed E-state index contributed by atoms with van der Waals surface area (Å²) in [5.41, 5.74) is 1.32. The van der Waals surface area contributed by atoms with E-state index in [4.69, 9.17) is 14.2 Å². The molecule has 1 heterocycles. The molecule has 3 unspecified atom stereocenters. The molecule has 0 aromatic carbocycles. The van der Waals surface area contributed by atoms with Crippen molar-refractivity contribution in [2.45, 2.75) is 117 Å². The van der Waals surface area contributed by atoms with Crippen LogP contribution in [0.4, 0.5) is 0 Å². The average Bonchev–Trinajstić information content (AvgIpc) is 3.15. The largest absolute Gasteiger partial charge is 0.464 e. The Morgan fingerprint density at radius 3 is 0.950 bits per heavy atom. The molecular weight excluding hydrogens is 792 g/mol. The highest BCUT2D eigenvalue weighted by molar-refractivity contribution is 5.89. The smallest absolute Gasteiger partial charge is 0.328 e. The van der Waals surface area contributed by atoms with Crippen molar-refractivity contribution in [2.24, 2.45) is 0 Å². The zero-order valence-electron chi connectivity index (χ0n) is 35.2. The SMILES string of the molecule is CC(=O)NC1CCCN(O)C(=O)/C=C(\C)CCOC(=O)C(NC(C)=O)CCCN(O)C(=O)/C=C(/C)CCOC(=O)C(NC(C)=O)CCCN(O)C(=O)C=C(C)CCOC1=O. The Balaban J connectivity index is 3.15. The van der Waals surface area contributed by atoms with E-state index < -0.39 is 71.5 Å². The molecule has 336 valence electrons. The molecule has 0 radical (unpaired) electrons. The van der Waals surface area contributed by atoms with Gasteiger partial charge in [0, 0.05) is 77.9 Å².